The Bertz CT molecular complexity index is 1540. The molecule has 0 spiro atoms. The number of fused-ring (bicyclic) bond motifs is 2. The fraction of sp³-hybridized carbons (Fsp3) is 0.344. The Morgan fingerprint density at radius 2 is 1.89 bits per heavy atom. The van der Waals surface area contributed by atoms with Crippen molar-refractivity contribution < 1.29 is 9.53 Å². The zero-order valence-electron chi connectivity index (χ0n) is 22.6. The van der Waals surface area contributed by atoms with Gasteiger partial charge in [0.2, 0.25) is 0 Å². The van der Waals surface area contributed by atoms with E-state index in [0.29, 0.717) is 27.7 Å². The maximum atomic E-state index is 13.7. The van der Waals surface area contributed by atoms with Crippen LogP contribution in [0.5, 0.6) is 5.75 Å². The maximum Gasteiger partial charge on any atom is 0.257 e. The Hall–Kier alpha value is -3.69. The molecule has 2 aromatic carbocycles. The Balaban J connectivity index is 1.49. The van der Waals surface area contributed by atoms with E-state index in [-0.39, 0.29) is 17.4 Å². The molecule has 194 valence electrons. The van der Waals surface area contributed by atoms with E-state index in [2.05, 4.69) is 32.2 Å². The average molecular weight is 524 g/mol. The number of carbonyl (C=O) groups is 1. The molecule has 1 N–H and O–H groups in total. The van der Waals surface area contributed by atoms with Crippen LogP contribution in [0.3, 0.4) is 0 Å². The number of carbonyl (C=O) groups excluding carboxylic acids is 1. The summed E-state index contributed by atoms with van der Waals surface area (Å²) in [7, 11) is 0. The zero-order valence-corrected chi connectivity index (χ0v) is 23.4. The summed E-state index contributed by atoms with van der Waals surface area (Å²) in [5.41, 5.74) is 4.83. The fourth-order valence-corrected chi connectivity index (χ4v) is 6.46. The lowest BCUT2D eigenvalue weighted by Crippen LogP contribution is -2.26. The largest absolute Gasteiger partial charge is 0.491 e. The van der Waals surface area contributed by atoms with Gasteiger partial charge in [-0.1, -0.05) is 39.0 Å². The number of hydrogen-bond donors (Lipinski definition) is 1. The third kappa shape index (κ3) is 5.16. The second-order valence-electron chi connectivity index (χ2n) is 11.3. The monoisotopic (exact) mass is 523 g/mol. The molecule has 6 heteroatoms. The SMILES string of the molecule is CC(C)Oc1ccc(-c2cc(C(=O)Nc3sc4c(c3C#N)CCC(C(C)(C)C)C4)c3ccccc3n2)cc1. The van der Waals surface area contributed by atoms with E-state index in [1.54, 1.807) is 11.3 Å². The van der Waals surface area contributed by atoms with Crippen LogP contribution in [0, 0.1) is 22.7 Å². The quantitative estimate of drug-likeness (QED) is 0.287. The van der Waals surface area contributed by atoms with E-state index in [0.717, 1.165) is 47.0 Å². The Morgan fingerprint density at radius 1 is 1.16 bits per heavy atom. The van der Waals surface area contributed by atoms with Gasteiger partial charge in [-0.2, -0.15) is 5.26 Å². The normalized spacial score (nSPS) is 15.2. The summed E-state index contributed by atoms with van der Waals surface area (Å²) in [5, 5.41) is 14.5. The van der Waals surface area contributed by atoms with Gasteiger partial charge in [0.15, 0.2) is 0 Å². The standard InChI is InChI=1S/C32H33N3O2S/c1-19(2)37-22-13-10-20(11-14-22)28-17-25(23-8-6-7-9-27(23)34-28)30(36)35-31-26(18-33)24-15-12-21(32(3,4)5)16-29(24)38-31/h6-11,13-14,17,19,21H,12,15-16H2,1-5H3,(H,35,36). The van der Waals surface area contributed by atoms with Crippen molar-refractivity contribution in [3.05, 3.63) is 76.2 Å². The smallest absolute Gasteiger partial charge is 0.257 e. The minimum atomic E-state index is -0.230. The third-order valence-corrected chi connectivity index (χ3v) is 8.48. The molecular weight excluding hydrogens is 490 g/mol. The van der Waals surface area contributed by atoms with Gasteiger partial charge in [0.1, 0.15) is 16.8 Å². The molecule has 2 heterocycles. The maximum absolute atomic E-state index is 13.7. The molecule has 0 bridgehead atoms. The van der Waals surface area contributed by atoms with Gasteiger partial charge in [0.25, 0.3) is 5.91 Å². The van der Waals surface area contributed by atoms with Crippen LogP contribution >= 0.6 is 11.3 Å². The van der Waals surface area contributed by atoms with Gasteiger partial charge in [-0.05, 0) is 86.4 Å². The van der Waals surface area contributed by atoms with Crippen molar-refractivity contribution in [2.75, 3.05) is 5.32 Å². The van der Waals surface area contributed by atoms with Gasteiger partial charge < -0.3 is 10.1 Å². The van der Waals surface area contributed by atoms with E-state index < -0.39 is 0 Å². The topological polar surface area (TPSA) is 75.0 Å². The van der Waals surface area contributed by atoms with Crippen molar-refractivity contribution in [1.82, 2.24) is 4.98 Å². The first kappa shape index (κ1) is 25.9. The van der Waals surface area contributed by atoms with Gasteiger partial charge in [-0.15, -0.1) is 11.3 Å². The lowest BCUT2D eigenvalue weighted by Gasteiger charge is -2.33. The number of anilines is 1. The molecule has 38 heavy (non-hydrogen) atoms. The number of aromatic nitrogens is 1. The molecule has 2 aromatic heterocycles. The number of rotatable bonds is 5. The molecule has 0 saturated carbocycles. The van der Waals surface area contributed by atoms with Crippen LogP contribution in [0.4, 0.5) is 5.00 Å². The highest BCUT2D eigenvalue weighted by Gasteiger charge is 2.32. The molecule has 0 radical (unpaired) electrons. The Labute approximate surface area is 228 Å². The van der Waals surface area contributed by atoms with Crippen LogP contribution in [-0.2, 0) is 12.8 Å². The van der Waals surface area contributed by atoms with Crippen LogP contribution in [0.2, 0.25) is 0 Å². The number of hydrogen-bond acceptors (Lipinski definition) is 5. The molecule has 1 amide bonds. The van der Waals surface area contributed by atoms with Crippen LogP contribution in [0.25, 0.3) is 22.2 Å². The number of amides is 1. The van der Waals surface area contributed by atoms with Gasteiger partial charge in [0.05, 0.1) is 28.4 Å². The first-order valence-electron chi connectivity index (χ1n) is 13.2. The van der Waals surface area contributed by atoms with E-state index in [4.69, 9.17) is 9.72 Å². The number of para-hydroxylation sites is 1. The van der Waals surface area contributed by atoms with Crippen molar-refractivity contribution >= 4 is 33.1 Å². The summed E-state index contributed by atoms with van der Waals surface area (Å²) in [6.45, 7) is 10.8. The predicted octanol–water partition coefficient (Wildman–Crippen LogP) is 8.03. The van der Waals surface area contributed by atoms with Crippen molar-refractivity contribution in [3.63, 3.8) is 0 Å². The highest BCUT2D eigenvalue weighted by atomic mass is 32.1. The molecule has 1 unspecified atom stereocenters. The Morgan fingerprint density at radius 3 is 2.58 bits per heavy atom. The minimum absolute atomic E-state index is 0.0931. The molecule has 0 aliphatic heterocycles. The van der Waals surface area contributed by atoms with Crippen LogP contribution in [0.1, 0.15) is 67.4 Å². The number of benzene rings is 2. The summed E-state index contributed by atoms with van der Waals surface area (Å²) in [5.74, 6) is 1.13. The fourth-order valence-electron chi connectivity index (χ4n) is 5.19. The molecule has 1 atom stereocenters. The lowest BCUT2D eigenvalue weighted by molar-refractivity contribution is 0.102. The minimum Gasteiger partial charge on any atom is -0.491 e. The number of nitrogens with one attached hydrogen (secondary N) is 1. The molecule has 1 aliphatic rings. The summed E-state index contributed by atoms with van der Waals surface area (Å²) in [4.78, 5) is 19.8. The average Bonchev–Trinajstić information content (AvgIpc) is 3.23. The molecule has 0 saturated heterocycles. The lowest BCUT2D eigenvalue weighted by atomic mass is 9.72. The van der Waals surface area contributed by atoms with E-state index in [9.17, 15) is 10.1 Å². The van der Waals surface area contributed by atoms with Crippen molar-refractivity contribution in [1.29, 1.82) is 5.26 Å². The molecule has 5 rings (SSSR count). The van der Waals surface area contributed by atoms with E-state index in [1.807, 2.05) is 68.4 Å². The van der Waals surface area contributed by atoms with Crippen LogP contribution in [0.15, 0.2) is 54.6 Å². The van der Waals surface area contributed by atoms with Crippen molar-refractivity contribution in [2.45, 2.75) is 60.0 Å². The predicted molar refractivity (Wildman–Crippen MR) is 155 cm³/mol. The van der Waals surface area contributed by atoms with Crippen molar-refractivity contribution in [3.8, 4) is 23.1 Å². The number of nitrogens with zero attached hydrogens (tertiary/aromatic N) is 2. The second-order valence-corrected chi connectivity index (χ2v) is 12.4. The first-order valence-corrected chi connectivity index (χ1v) is 14.0. The number of ether oxygens (including phenoxy) is 1. The van der Waals surface area contributed by atoms with Gasteiger partial charge in [-0.25, -0.2) is 4.98 Å². The zero-order chi connectivity index (χ0) is 27.0. The first-order chi connectivity index (χ1) is 18.1. The highest BCUT2D eigenvalue weighted by Crippen LogP contribution is 2.44. The number of pyridine rings is 1. The number of thiophene rings is 1. The van der Waals surface area contributed by atoms with Crippen molar-refractivity contribution in [2.24, 2.45) is 11.3 Å². The molecule has 4 aromatic rings. The summed E-state index contributed by atoms with van der Waals surface area (Å²) < 4.78 is 5.78. The van der Waals surface area contributed by atoms with E-state index >= 15 is 0 Å². The summed E-state index contributed by atoms with van der Waals surface area (Å²) in [6.07, 6.45) is 2.99. The molecular formula is C32H33N3O2S. The van der Waals surface area contributed by atoms with Crippen LogP contribution in [-0.4, -0.2) is 17.0 Å². The third-order valence-electron chi connectivity index (χ3n) is 7.31. The number of nitriles is 1. The summed E-state index contributed by atoms with van der Waals surface area (Å²) >= 11 is 1.56. The van der Waals surface area contributed by atoms with E-state index in [1.165, 1.54) is 4.88 Å². The molecule has 0 fully saturated rings. The molecule has 5 nitrogen and oxygen atoms in total. The van der Waals surface area contributed by atoms with Gasteiger partial charge in [0, 0.05) is 15.8 Å². The van der Waals surface area contributed by atoms with Gasteiger partial charge >= 0.3 is 0 Å². The Kier molecular flexibility index (Phi) is 6.98. The van der Waals surface area contributed by atoms with Gasteiger partial charge in [-0.3, -0.25) is 4.79 Å². The second kappa shape index (κ2) is 10.2. The van der Waals surface area contributed by atoms with Crippen LogP contribution < -0.4 is 10.1 Å². The molecule has 1 aliphatic carbocycles. The highest BCUT2D eigenvalue weighted by molar-refractivity contribution is 7.16. The summed E-state index contributed by atoms with van der Waals surface area (Å²) in [6, 6.07) is 19.7.